The van der Waals surface area contributed by atoms with Crippen LogP contribution in [0.1, 0.15) is 42.9 Å². The highest BCUT2D eigenvalue weighted by Gasteiger charge is 2.47. The third kappa shape index (κ3) is 4.90. The number of nitrogens with zero attached hydrogens (tertiary/aromatic N) is 1. The maximum Gasteiger partial charge on any atom is 0.309 e. The third-order valence-electron chi connectivity index (χ3n) is 6.36. The Morgan fingerprint density at radius 1 is 1.12 bits per heavy atom. The van der Waals surface area contributed by atoms with Crippen LogP contribution in [-0.4, -0.2) is 55.4 Å². The first-order valence-electron chi connectivity index (χ1n) is 11.3. The van der Waals surface area contributed by atoms with E-state index in [9.17, 15) is 14.7 Å². The van der Waals surface area contributed by atoms with Crippen molar-refractivity contribution < 1.29 is 28.9 Å². The number of likely N-dealkylation sites (tertiary alicyclic amines) is 1. The van der Waals surface area contributed by atoms with E-state index in [2.05, 4.69) is 10.2 Å². The molecule has 0 aliphatic carbocycles. The lowest BCUT2D eigenvalue weighted by Gasteiger charge is -2.27. The average Bonchev–Trinajstić information content (AvgIpc) is 3.45. The molecule has 0 spiro atoms. The van der Waals surface area contributed by atoms with Crippen LogP contribution >= 0.6 is 0 Å². The molecule has 2 heterocycles. The Hall–Kier alpha value is -3.26. The van der Waals surface area contributed by atoms with Crippen molar-refractivity contribution in [1.29, 1.82) is 0 Å². The number of carboxylic acids is 1. The molecule has 4 rings (SSSR count). The zero-order valence-electron chi connectivity index (χ0n) is 19.0. The summed E-state index contributed by atoms with van der Waals surface area (Å²) < 4.78 is 16.2. The molecule has 0 saturated carbocycles. The van der Waals surface area contributed by atoms with Gasteiger partial charge in [-0.25, -0.2) is 0 Å². The fourth-order valence-electron chi connectivity index (χ4n) is 4.74. The predicted octanol–water partition coefficient (Wildman–Crippen LogP) is 3.18. The smallest absolute Gasteiger partial charge is 0.309 e. The maximum atomic E-state index is 12.6. The predicted molar refractivity (Wildman–Crippen MR) is 122 cm³/mol. The van der Waals surface area contributed by atoms with Gasteiger partial charge in [-0.2, -0.15) is 0 Å². The summed E-state index contributed by atoms with van der Waals surface area (Å²) in [6.07, 6.45) is 1.18. The molecule has 2 aromatic rings. The second-order valence-corrected chi connectivity index (χ2v) is 8.40. The molecule has 2 N–H and O–H groups in total. The monoisotopic (exact) mass is 454 g/mol. The summed E-state index contributed by atoms with van der Waals surface area (Å²) in [5.74, 6) is 0.177. The van der Waals surface area contributed by atoms with E-state index >= 15 is 0 Å². The van der Waals surface area contributed by atoms with Crippen LogP contribution in [0.3, 0.4) is 0 Å². The van der Waals surface area contributed by atoms with Crippen molar-refractivity contribution in [2.24, 2.45) is 5.92 Å². The van der Waals surface area contributed by atoms with Crippen molar-refractivity contribution in [3.05, 3.63) is 53.6 Å². The molecule has 2 aliphatic rings. The molecule has 176 valence electrons. The lowest BCUT2D eigenvalue weighted by molar-refractivity contribution is -0.143. The quantitative estimate of drug-likeness (QED) is 0.601. The van der Waals surface area contributed by atoms with Gasteiger partial charge in [0.1, 0.15) is 5.75 Å². The van der Waals surface area contributed by atoms with Crippen molar-refractivity contribution in [3.63, 3.8) is 0 Å². The number of hydrogen-bond acceptors (Lipinski definition) is 6. The number of rotatable bonds is 9. The minimum Gasteiger partial charge on any atom is -0.497 e. The molecule has 1 fully saturated rings. The van der Waals surface area contributed by atoms with Gasteiger partial charge in [-0.1, -0.05) is 25.1 Å². The summed E-state index contributed by atoms with van der Waals surface area (Å²) in [6.45, 7) is 3.80. The molecule has 0 aromatic heterocycles. The second kappa shape index (κ2) is 10.1. The third-order valence-corrected chi connectivity index (χ3v) is 6.36. The van der Waals surface area contributed by atoms with Gasteiger partial charge in [-0.15, -0.1) is 0 Å². The number of fused-ring (bicyclic) bond motifs is 1. The summed E-state index contributed by atoms with van der Waals surface area (Å²) in [6, 6.07) is 12.8. The van der Waals surface area contributed by atoms with Gasteiger partial charge < -0.3 is 24.6 Å². The van der Waals surface area contributed by atoms with Crippen molar-refractivity contribution >= 4 is 11.9 Å². The van der Waals surface area contributed by atoms with Crippen LogP contribution in [0.15, 0.2) is 42.5 Å². The average molecular weight is 455 g/mol. The van der Waals surface area contributed by atoms with E-state index in [1.807, 2.05) is 49.4 Å². The van der Waals surface area contributed by atoms with E-state index in [1.54, 1.807) is 7.11 Å². The van der Waals surface area contributed by atoms with Crippen molar-refractivity contribution in [3.8, 4) is 17.2 Å². The Labute approximate surface area is 193 Å². The first-order chi connectivity index (χ1) is 16.0. The number of aliphatic carboxylic acids is 1. The van der Waals surface area contributed by atoms with Crippen molar-refractivity contribution in [2.75, 3.05) is 33.5 Å². The number of carbonyl (C=O) groups excluding carboxylic acids is 1. The standard InChI is InChI=1S/C25H30N2O6/c1-3-11-26-22(28)10-12-27-14-19(17-6-9-20-21(13-17)33-15-32-20)23(25(29)30)24(27)16-4-7-18(31-2)8-5-16/h4-9,13,19,23-24H,3,10-12,14-15H2,1-2H3,(H,26,28)(H,29,30). The lowest BCUT2D eigenvalue weighted by Crippen LogP contribution is -2.33. The molecule has 3 atom stereocenters. The summed E-state index contributed by atoms with van der Waals surface area (Å²) in [4.78, 5) is 27.0. The summed E-state index contributed by atoms with van der Waals surface area (Å²) in [5, 5.41) is 13.2. The van der Waals surface area contributed by atoms with E-state index in [1.165, 1.54) is 0 Å². The zero-order chi connectivity index (χ0) is 23.4. The maximum absolute atomic E-state index is 12.6. The number of carboxylic acid groups (broad SMARTS) is 1. The summed E-state index contributed by atoms with van der Waals surface area (Å²) in [5.41, 5.74) is 1.78. The van der Waals surface area contributed by atoms with Crippen LogP contribution in [0.2, 0.25) is 0 Å². The largest absolute Gasteiger partial charge is 0.497 e. The van der Waals surface area contributed by atoms with Gasteiger partial charge in [-0.3, -0.25) is 14.5 Å². The van der Waals surface area contributed by atoms with Gasteiger partial charge >= 0.3 is 5.97 Å². The molecule has 2 aromatic carbocycles. The fourth-order valence-corrected chi connectivity index (χ4v) is 4.74. The number of carbonyl (C=O) groups is 2. The Morgan fingerprint density at radius 3 is 2.55 bits per heavy atom. The van der Waals surface area contributed by atoms with E-state index in [0.29, 0.717) is 43.3 Å². The minimum atomic E-state index is -0.864. The first kappa shape index (κ1) is 22.9. The summed E-state index contributed by atoms with van der Waals surface area (Å²) in [7, 11) is 1.60. The van der Waals surface area contributed by atoms with E-state index < -0.39 is 11.9 Å². The molecule has 0 radical (unpaired) electrons. The van der Waals surface area contributed by atoms with Crippen molar-refractivity contribution in [2.45, 2.75) is 31.7 Å². The Balaban J connectivity index is 1.65. The molecule has 0 bridgehead atoms. The van der Waals surface area contributed by atoms with E-state index in [-0.39, 0.29) is 24.7 Å². The van der Waals surface area contributed by atoms with Crippen LogP contribution in [0.5, 0.6) is 17.2 Å². The minimum absolute atomic E-state index is 0.0243. The highest BCUT2D eigenvalue weighted by Crippen LogP contribution is 2.47. The Bertz CT molecular complexity index is 993. The lowest BCUT2D eigenvalue weighted by atomic mass is 9.82. The Kier molecular flexibility index (Phi) is 7.03. The summed E-state index contributed by atoms with van der Waals surface area (Å²) >= 11 is 0. The number of methoxy groups -OCH3 is 1. The first-order valence-corrected chi connectivity index (χ1v) is 11.3. The highest BCUT2D eigenvalue weighted by atomic mass is 16.7. The van der Waals surface area contributed by atoms with Gasteiger partial charge in [0, 0.05) is 38.0 Å². The number of benzene rings is 2. The van der Waals surface area contributed by atoms with E-state index in [4.69, 9.17) is 14.2 Å². The number of hydrogen-bond donors (Lipinski definition) is 2. The van der Waals surface area contributed by atoms with Gasteiger partial charge in [0.15, 0.2) is 11.5 Å². The van der Waals surface area contributed by atoms with Crippen LogP contribution < -0.4 is 19.5 Å². The van der Waals surface area contributed by atoms with Gasteiger partial charge in [0.05, 0.1) is 13.0 Å². The fraction of sp³-hybridized carbons (Fsp3) is 0.440. The SMILES string of the molecule is CCCNC(=O)CCN1CC(c2ccc3c(c2)OCO3)C(C(=O)O)C1c1ccc(OC)cc1. The number of ether oxygens (including phenoxy) is 3. The topological polar surface area (TPSA) is 97.3 Å². The normalized spacial score (nSPS) is 21.7. The molecular formula is C25H30N2O6. The molecule has 1 amide bonds. The molecule has 8 nitrogen and oxygen atoms in total. The van der Waals surface area contributed by atoms with Crippen LogP contribution in [0, 0.1) is 5.92 Å². The van der Waals surface area contributed by atoms with Gasteiger partial charge in [0.2, 0.25) is 12.7 Å². The van der Waals surface area contributed by atoms with Crippen molar-refractivity contribution in [1.82, 2.24) is 10.2 Å². The van der Waals surface area contributed by atoms with E-state index in [0.717, 1.165) is 17.5 Å². The second-order valence-electron chi connectivity index (χ2n) is 8.40. The number of nitrogens with one attached hydrogen (secondary N) is 1. The molecule has 2 aliphatic heterocycles. The van der Waals surface area contributed by atoms with Crippen LogP contribution in [0.4, 0.5) is 0 Å². The Morgan fingerprint density at radius 2 is 1.85 bits per heavy atom. The highest BCUT2D eigenvalue weighted by molar-refractivity contribution is 5.76. The van der Waals surface area contributed by atoms with Gasteiger partial charge in [-0.05, 0) is 41.8 Å². The molecule has 33 heavy (non-hydrogen) atoms. The molecule has 1 saturated heterocycles. The zero-order valence-corrected chi connectivity index (χ0v) is 19.0. The number of amides is 1. The van der Waals surface area contributed by atoms with Crippen LogP contribution in [-0.2, 0) is 9.59 Å². The van der Waals surface area contributed by atoms with Gasteiger partial charge in [0.25, 0.3) is 0 Å². The molecule has 3 unspecified atom stereocenters. The molecular weight excluding hydrogens is 424 g/mol. The van der Waals surface area contributed by atoms with Crippen LogP contribution in [0.25, 0.3) is 0 Å². The molecule has 8 heteroatoms.